The first-order valence-electron chi connectivity index (χ1n) is 7.17. The van der Waals surface area contributed by atoms with Gasteiger partial charge >= 0.3 is 0 Å². The quantitative estimate of drug-likeness (QED) is 0.858. The molecule has 1 aromatic rings. The highest BCUT2D eigenvalue weighted by molar-refractivity contribution is 7.11. The van der Waals surface area contributed by atoms with Gasteiger partial charge in [0.05, 0.1) is 0 Å². The molecule has 3 nitrogen and oxygen atoms in total. The SMILES string of the molecule is CCc1cnc(CNCC2C3CCC(C3)C2N)s1. The Balaban J connectivity index is 1.47. The highest BCUT2D eigenvalue weighted by Gasteiger charge is 2.45. The molecule has 0 saturated heterocycles. The number of thiazole rings is 1. The van der Waals surface area contributed by atoms with Gasteiger partial charge in [-0.05, 0) is 43.4 Å². The van der Waals surface area contributed by atoms with E-state index in [0.29, 0.717) is 12.0 Å². The van der Waals surface area contributed by atoms with Crippen LogP contribution in [0.5, 0.6) is 0 Å². The summed E-state index contributed by atoms with van der Waals surface area (Å²) in [5, 5.41) is 4.78. The van der Waals surface area contributed by atoms with Gasteiger partial charge in [0.15, 0.2) is 0 Å². The Kier molecular flexibility index (Phi) is 3.68. The summed E-state index contributed by atoms with van der Waals surface area (Å²) < 4.78 is 0. The molecule has 1 aromatic heterocycles. The first-order valence-corrected chi connectivity index (χ1v) is 7.99. The van der Waals surface area contributed by atoms with Gasteiger partial charge < -0.3 is 11.1 Å². The summed E-state index contributed by atoms with van der Waals surface area (Å²) >= 11 is 1.83. The Morgan fingerprint density at radius 1 is 1.44 bits per heavy atom. The number of hydrogen-bond acceptors (Lipinski definition) is 4. The average molecular weight is 265 g/mol. The van der Waals surface area contributed by atoms with Crippen LogP contribution < -0.4 is 11.1 Å². The van der Waals surface area contributed by atoms with Crippen molar-refractivity contribution in [1.29, 1.82) is 0 Å². The molecule has 4 heteroatoms. The maximum absolute atomic E-state index is 6.32. The third-order valence-corrected chi connectivity index (χ3v) is 5.91. The molecular weight excluding hydrogens is 242 g/mol. The van der Waals surface area contributed by atoms with E-state index in [1.165, 1.54) is 29.1 Å². The third kappa shape index (κ3) is 2.33. The molecule has 0 spiro atoms. The smallest absolute Gasteiger partial charge is 0.107 e. The number of aryl methyl sites for hydroxylation is 1. The van der Waals surface area contributed by atoms with Crippen molar-refractivity contribution in [2.75, 3.05) is 6.54 Å². The topological polar surface area (TPSA) is 50.9 Å². The van der Waals surface area contributed by atoms with Gasteiger partial charge in [0.25, 0.3) is 0 Å². The van der Waals surface area contributed by atoms with Gasteiger partial charge in [0.1, 0.15) is 5.01 Å². The molecule has 1 heterocycles. The average Bonchev–Trinajstić information content (AvgIpc) is 3.07. The minimum absolute atomic E-state index is 0.443. The molecular formula is C14H23N3S. The molecule has 0 aromatic carbocycles. The standard InChI is InChI=1S/C14H23N3S/c1-2-11-6-17-13(18-11)8-16-7-12-9-3-4-10(5-9)14(12)15/h6,9-10,12,14,16H,2-5,7-8,15H2,1H3. The van der Waals surface area contributed by atoms with E-state index in [4.69, 9.17) is 5.73 Å². The Morgan fingerprint density at radius 3 is 2.94 bits per heavy atom. The van der Waals surface area contributed by atoms with E-state index in [1.807, 2.05) is 17.5 Å². The molecule has 2 aliphatic rings. The van der Waals surface area contributed by atoms with Crippen LogP contribution in [0.15, 0.2) is 6.20 Å². The van der Waals surface area contributed by atoms with E-state index in [-0.39, 0.29) is 0 Å². The van der Waals surface area contributed by atoms with Crippen molar-refractivity contribution in [3.8, 4) is 0 Å². The fourth-order valence-corrected chi connectivity index (χ4v) is 4.53. The summed E-state index contributed by atoms with van der Waals surface area (Å²) in [7, 11) is 0. The van der Waals surface area contributed by atoms with Crippen LogP contribution in [0.4, 0.5) is 0 Å². The second-order valence-electron chi connectivity index (χ2n) is 5.78. The molecule has 0 radical (unpaired) electrons. The van der Waals surface area contributed by atoms with E-state index in [2.05, 4.69) is 17.2 Å². The van der Waals surface area contributed by atoms with Crippen LogP contribution in [-0.2, 0) is 13.0 Å². The van der Waals surface area contributed by atoms with E-state index >= 15 is 0 Å². The number of aromatic nitrogens is 1. The molecule has 3 rings (SSSR count). The third-order valence-electron chi connectivity index (χ3n) is 4.76. The predicted octanol–water partition coefficient (Wildman–Crippen LogP) is 2.17. The van der Waals surface area contributed by atoms with Crippen molar-refractivity contribution >= 4 is 11.3 Å². The molecule has 4 unspecified atom stereocenters. The predicted molar refractivity (Wildman–Crippen MR) is 75.5 cm³/mol. The lowest BCUT2D eigenvalue weighted by Gasteiger charge is -2.28. The number of fused-ring (bicyclic) bond motifs is 2. The Morgan fingerprint density at radius 2 is 2.28 bits per heavy atom. The van der Waals surface area contributed by atoms with Gasteiger partial charge in [-0.1, -0.05) is 6.92 Å². The first-order chi connectivity index (χ1) is 8.78. The summed E-state index contributed by atoms with van der Waals surface area (Å²) in [5.74, 6) is 2.41. The van der Waals surface area contributed by atoms with Gasteiger partial charge in [-0.3, -0.25) is 0 Å². The highest BCUT2D eigenvalue weighted by atomic mass is 32.1. The lowest BCUT2D eigenvalue weighted by atomic mass is 9.85. The minimum atomic E-state index is 0.443. The monoisotopic (exact) mass is 265 g/mol. The molecule has 0 amide bonds. The Bertz CT molecular complexity index is 401. The number of hydrogen-bond donors (Lipinski definition) is 2. The Hall–Kier alpha value is -0.450. The molecule has 100 valence electrons. The van der Waals surface area contributed by atoms with Crippen molar-refractivity contribution in [2.45, 2.75) is 45.2 Å². The number of nitrogens with two attached hydrogens (primary N) is 1. The second kappa shape index (κ2) is 5.27. The molecule has 2 aliphatic carbocycles. The first kappa shape index (κ1) is 12.6. The Labute approximate surface area is 113 Å². The molecule has 3 N–H and O–H groups in total. The van der Waals surface area contributed by atoms with Crippen molar-refractivity contribution < 1.29 is 0 Å². The lowest BCUT2D eigenvalue weighted by Crippen LogP contribution is -2.41. The van der Waals surface area contributed by atoms with Crippen molar-refractivity contribution in [3.63, 3.8) is 0 Å². The molecule has 4 atom stereocenters. The fraction of sp³-hybridized carbons (Fsp3) is 0.786. The number of nitrogens with one attached hydrogen (secondary N) is 1. The fourth-order valence-electron chi connectivity index (χ4n) is 3.70. The van der Waals surface area contributed by atoms with Crippen LogP contribution in [-0.4, -0.2) is 17.6 Å². The van der Waals surface area contributed by atoms with Gasteiger partial charge in [0, 0.05) is 30.2 Å². The second-order valence-corrected chi connectivity index (χ2v) is 6.98. The normalized spacial score (nSPS) is 34.3. The van der Waals surface area contributed by atoms with E-state index < -0.39 is 0 Å². The summed E-state index contributed by atoms with van der Waals surface area (Å²) in [6.45, 7) is 4.16. The van der Waals surface area contributed by atoms with E-state index in [0.717, 1.165) is 31.3 Å². The highest BCUT2D eigenvalue weighted by Crippen LogP contribution is 2.47. The van der Waals surface area contributed by atoms with Crippen LogP contribution in [0.1, 0.15) is 36.1 Å². The van der Waals surface area contributed by atoms with Gasteiger partial charge in [-0.25, -0.2) is 4.98 Å². The van der Waals surface area contributed by atoms with E-state index in [1.54, 1.807) is 0 Å². The van der Waals surface area contributed by atoms with Gasteiger partial charge in [-0.15, -0.1) is 11.3 Å². The molecule has 0 aliphatic heterocycles. The van der Waals surface area contributed by atoms with Crippen molar-refractivity contribution in [2.24, 2.45) is 23.5 Å². The summed E-state index contributed by atoms with van der Waals surface area (Å²) in [6, 6.07) is 0.443. The van der Waals surface area contributed by atoms with Crippen molar-refractivity contribution in [3.05, 3.63) is 16.1 Å². The molecule has 2 saturated carbocycles. The summed E-state index contributed by atoms with van der Waals surface area (Å²) in [6.07, 6.45) is 7.25. The number of nitrogens with zero attached hydrogens (tertiary/aromatic N) is 1. The largest absolute Gasteiger partial charge is 0.327 e. The maximum Gasteiger partial charge on any atom is 0.107 e. The minimum Gasteiger partial charge on any atom is -0.327 e. The van der Waals surface area contributed by atoms with Crippen molar-refractivity contribution in [1.82, 2.24) is 10.3 Å². The van der Waals surface area contributed by atoms with Crippen LogP contribution >= 0.6 is 11.3 Å². The van der Waals surface area contributed by atoms with E-state index in [9.17, 15) is 0 Å². The maximum atomic E-state index is 6.32. The van der Waals surface area contributed by atoms with Gasteiger partial charge in [0.2, 0.25) is 0 Å². The van der Waals surface area contributed by atoms with Crippen LogP contribution in [0.25, 0.3) is 0 Å². The molecule has 2 bridgehead atoms. The zero-order chi connectivity index (χ0) is 12.5. The van der Waals surface area contributed by atoms with Crippen LogP contribution in [0.2, 0.25) is 0 Å². The van der Waals surface area contributed by atoms with Gasteiger partial charge in [-0.2, -0.15) is 0 Å². The lowest BCUT2D eigenvalue weighted by molar-refractivity contribution is 0.278. The summed E-state index contributed by atoms with van der Waals surface area (Å²) in [4.78, 5) is 5.82. The van der Waals surface area contributed by atoms with Crippen LogP contribution in [0, 0.1) is 17.8 Å². The zero-order valence-corrected chi connectivity index (χ0v) is 11.9. The zero-order valence-electron chi connectivity index (χ0n) is 11.1. The summed E-state index contributed by atoms with van der Waals surface area (Å²) in [5.41, 5.74) is 6.32. The molecule has 18 heavy (non-hydrogen) atoms. The van der Waals surface area contributed by atoms with Crippen LogP contribution in [0.3, 0.4) is 0 Å². The number of rotatable bonds is 5. The molecule has 2 fully saturated rings.